The van der Waals surface area contributed by atoms with E-state index in [1.54, 1.807) is 7.11 Å². The van der Waals surface area contributed by atoms with E-state index >= 15 is 0 Å². The summed E-state index contributed by atoms with van der Waals surface area (Å²) in [6.07, 6.45) is 6.04. The molecule has 3 unspecified atom stereocenters. The summed E-state index contributed by atoms with van der Waals surface area (Å²) < 4.78 is 5.63. The van der Waals surface area contributed by atoms with Crippen molar-refractivity contribution in [3.05, 3.63) is 34.9 Å². The molecule has 0 radical (unpaired) electrons. The van der Waals surface area contributed by atoms with Crippen molar-refractivity contribution in [3.8, 4) is 0 Å². The third-order valence-corrected chi connectivity index (χ3v) is 5.81. The lowest BCUT2D eigenvalue weighted by molar-refractivity contribution is -0.126. The first kappa shape index (κ1) is 25.2. The second-order valence-corrected chi connectivity index (χ2v) is 8.42. The number of methoxy groups -OCH3 is 1. The van der Waals surface area contributed by atoms with Gasteiger partial charge in [0.05, 0.1) is 6.54 Å². The van der Waals surface area contributed by atoms with Crippen LogP contribution in [0.5, 0.6) is 0 Å². The molecular formula is C22H34ClIN4O2. The van der Waals surface area contributed by atoms with Gasteiger partial charge in [0.2, 0.25) is 5.91 Å². The monoisotopic (exact) mass is 548 g/mol. The largest absolute Gasteiger partial charge is 0.375 e. The van der Waals surface area contributed by atoms with Crippen molar-refractivity contribution < 1.29 is 9.53 Å². The third kappa shape index (κ3) is 7.89. The van der Waals surface area contributed by atoms with Crippen LogP contribution in [0.25, 0.3) is 0 Å². The van der Waals surface area contributed by atoms with E-state index in [1.165, 1.54) is 0 Å². The minimum absolute atomic E-state index is 0. The minimum Gasteiger partial charge on any atom is -0.375 e. The Morgan fingerprint density at radius 2 is 2.03 bits per heavy atom. The molecule has 8 heteroatoms. The summed E-state index contributed by atoms with van der Waals surface area (Å²) in [6, 6.07) is 8.36. The number of nitrogens with zero attached hydrogens (tertiary/aromatic N) is 1. The minimum atomic E-state index is -0.160. The van der Waals surface area contributed by atoms with Crippen LogP contribution in [0.15, 0.2) is 29.3 Å². The van der Waals surface area contributed by atoms with Gasteiger partial charge in [-0.25, -0.2) is 0 Å². The molecule has 2 aliphatic rings. The molecule has 0 aliphatic heterocycles. The first-order valence-corrected chi connectivity index (χ1v) is 11.1. The van der Waals surface area contributed by atoms with Gasteiger partial charge in [0.1, 0.15) is 6.10 Å². The second-order valence-electron chi connectivity index (χ2n) is 7.99. The highest BCUT2D eigenvalue weighted by Gasteiger charge is 2.31. The number of rotatable bonds is 8. The van der Waals surface area contributed by atoms with E-state index < -0.39 is 0 Å². The molecule has 2 saturated carbocycles. The van der Waals surface area contributed by atoms with E-state index in [-0.39, 0.29) is 47.9 Å². The molecule has 30 heavy (non-hydrogen) atoms. The molecule has 0 heterocycles. The van der Waals surface area contributed by atoms with E-state index in [4.69, 9.17) is 21.3 Å². The molecule has 6 nitrogen and oxygen atoms in total. The summed E-state index contributed by atoms with van der Waals surface area (Å²) in [5, 5.41) is 10.7. The maximum absolute atomic E-state index is 12.4. The van der Waals surface area contributed by atoms with Gasteiger partial charge in [-0.2, -0.15) is 0 Å². The Morgan fingerprint density at radius 3 is 2.70 bits per heavy atom. The van der Waals surface area contributed by atoms with Crippen molar-refractivity contribution in [3.63, 3.8) is 0 Å². The van der Waals surface area contributed by atoms with Crippen molar-refractivity contribution in [2.24, 2.45) is 10.9 Å². The average Bonchev–Trinajstić information content (AvgIpc) is 3.53. The lowest BCUT2D eigenvalue weighted by atomic mass is 9.85. The molecule has 3 atom stereocenters. The normalized spacial score (nSPS) is 22.6. The third-order valence-electron chi connectivity index (χ3n) is 5.57. The smallest absolute Gasteiger partial charge is 0.223 e. The zero-order valence-corrected chi connectivity index (χ0v) is 20.9. The van der Waals surface area contributed by atoms with E-state index in [2.05, 4.69) is 22.9 Å². The van der Waals surface area contributed by atoms with E-state index in [1.807, 2.05) is 24.3 Å². The van der Waals surface area contributed by atoms with Crippen LogP contribution < -0.4 is 16.0 Å². The van der Waals surface area contributed by atoms with Crippen LogP contribution in [0.4, 0.5) is 0 Å². The number of guanidine groups is 1. The Labute approximate surface area is 202 Å². The summed E-state index contributed by atoms with van der Waals surface area (Å²) in [4.78, 5) is 17.2. The van der Waals surface area contributed by atoms with Gasteiger partial charge in [0, 0.05) is 36.7 Å². The Balaban J connectivity index is 0.00000320. The molecule has 2 fully saturated rings. The highest BCUT2D eigenvalue weighted by Crippen LogP contribution is 2.27. The molecular weight excluding hydrogens is 515 g/mol. The number of hydrogen-bond acceptors (Lipinski definition) is 3. The van der Waals surface area contributed by atoms with Crippen molar-refractivity contribution in [2.75, 3.05) is 20.2 Å². The topological polar surface area (TPSA) is 74.8 Å². The number of benzene rings is 1. The van der Waals surface area contributed by atoms with Crippen LogP contribution in [-0.2, 0) is 9.53 Å². The van der Waals surface area contributed by atoms with Gasteiger partial charge in [-0.3, -0.25) is 9.79 Å². The first-order chi connectivity index (χ1) is 14.1. The second kappa shape index (κ2) is 12.7. The van der Waals surface area contributed by atoms with Crippen molar-refractivity contribution in [2.45, 2.75) is 63.6 Å². The molecule has 2 aliphatic carbocycles. The Bertz CT molecular complexity index is 714. The molecule has 0 aromatic heterocycles. The highest BCUT2D eigenvalue weighted by atomic mass is 127. The maximum Gasteiger partial charge on any atom is 0.223 e. The van der Waals surface area contributed by atoms with Gasteiger partial charge in [-0.15, -0.1) is 24.0 Å². The molecule has 0 spiro atoms. The molecule has 3 N–H and O–H groups in total. The summed E-state index contributed by atoms with van der Waals surface area (Å²) in [5.74, 6) is 1.09. The first-order valence-electron chi connectivity index (χ1n) is 10.7. The number of carbonyl (C=O) groups excluding carboxylic acids is 1. The molecule has 1 aromatic carbocycles. The molecule has 1 amide bonds. The van der Waals surface area contributed by atoms with Gasteiger partial charge in [-0.1, -0.05) is 30.2 Å². The number of amides is 1. The number of ether oxygens (including phenoxy) is 1. The van der Waals surface area contributed by atoms with Crippen LogP contribution in [0, 0.1) is 5.92 Å². The van der Waals surface area contributed by atoms with Crippen molar-refractivity contribution in [1.29, 1.82) is 0 Å². The maximum atomic E-state index is 12.4. The van der Waals surface area contributed by atoms with Gasteiger partial charge in [0.25, 0.3) is 0 Å². The number of halogens is 2. The summed E-state index contributed by atoms with van der Waals surface area (Å²) in [6.45, 7) is 3.32. The average molecular weight is 549 g/mol. The Morgan fingerprint density at radius 1 is 1.23 bits per heavy atom. The van der Waals surface area contributed by atoms with E-state index in [0.29, 0.717) is 17.6 Å². The fourth-order valence-electron chi connectivity index (χ4n) is 3.82. The van der Waals surface area contributed by atoms with Crippen LogP contribution in [0.3, 0.4) is 0 Å². The van der Waals surface area contributed by atoms with E-state index in [0.717, 1.165) is 56.6 Å². The van der Waals surface area contributed by atoms with Gasteiger partial charge >= 0.3 is 0 Å². The number of nitrogens with one attached hydrogen (secondary N) is 3. The standard InChI is InChI=1S/C22H33ClN4O2.HI/c1-3-24-22(25-14-20(29-2)15-6-4-8-17(23)12-15)27-19-9-5-7-16(13-19)21(28)26-18-10-11-18;/h4,6,8,12,16,18-20H,3,5,7,9-11,13-14H2,1-2H3,(H,26,28)(H2,24,25,27);1H. The zero-order valence-electron chi connectivity index (χ0n) is 17.8. The molecule has 1 aromatic rings. The van der Waals surface area contributed by atoms with Crippen LogP contribution in [0.2, 0.25) is 5.02 Å². The number of carbonyl (C=O) groups is 1. The lowest BCUT2D eigenvalue weighted by Gasteiger charge is -2.30. The fraction of sp³-hybridized carbons (Fsp3) is 0.636. The molecule has 0 bridgehead atoms. The van der Waals surface area contributed by atoms with Gasteiger partial charge in [-0.05, 0) is 56.7 Å². The van der Waals surface area contributed by atoms with E-state index in [9.17, 15) is 4.79 Å². The Kier molecular flexibility index (Phi) is 10.7. The summed E-state index contributed by atoms with van der Waals surface area (Å²) in [5.41, 5.74) is 1.01. The van der Waals surface area contributed by atoms with Gasteiger partial charge < -0.3 is 20.7 Å². The Hall–Kier alpha value is -1.06. The SMILES string of the molecule is CCNC(=NCC(OC)c1cccc(Cl)c1)NC1CCCC(C(=O)NC2CC2)C1.I. The van der Waals surface area contributed by atoms with Crippen LogP contribution in [0.1, 0.15) is 57.1 Å². The zero-order chi connectivity index (χ0) is 20.6. The van der Waals surface area contributed by atoms with Gasteiger partial charge in [0.15, 0.2) is 5.96 Å². The fourth-order valence-corrected chi connectivity index (χ4v) is 4.01. The highest BCUT2D eigenvalue weighted by molar-refractivity contribution is 14.0. The van der Waals surface area contributed by atoms with Crippen molar-refractivity contribution >= 4 is 47.4 Å². The number of aliphatic imine (C=N–C) groups is 1. The quantitative estimate of drug-likeness (QED) is 0.260. The summed E-state index contributed by atoms with van der Waals surface area (Å²) >= 11 is 6.11. The van der Waals surface area contributed by atoms with Crippen molar-refractivity contribution in [1.82, 2.24) is 16.0 Å². The predicted molar refractivity (Wildman–Crippen MR) is 133 cm³/mol. The van der Waals surface area contributed by atoms with Crippen LogP contribution >= 0.6 is 35.6 Å². The summed E-state index contributed by atoms with van der Waals surface area (Å²) in [7, 11) is 1.69. The predicted octanol–water partition coefficient (Wildman–Crippen LogP) is 4.04. The number of hydrogen-bond donors (Lipinski definition) is 3. The van der Waals surface area contributed by atoms with Crippen LogP contribution in [-0.4, -0.2) is 44.1 Å². The molecule has 3 rings (SSSR count). The lowest BCUT2D eigenvalue weighted by Crippen LogP contribution is -2.47. The molecule has 0 saturated heterocycles. The molecule has 168 valence electrons.